The number of hydrogen-bond donors (Lipinski definition) is 2. The number of hydrogen-bond acceptors (Lipinski definition) is 3. The van der Waals surface area contributed by atoms with E-state index in [9.17, 15) is 5.11 Å². The van der Waals surface area contributed by atoms with Gasteiger partial charge in [0.2, 0.25) is 0 Å². The first-order chi connectivity index (χ1) is 7.14. The van der Waals surface area contributed by atoms with Crippen LogP contribution in [0.4, 0.5) is 0 Å². The molecule has 1 fully saturated rings. The highest BCUT2D eigenvalue weighted by Gasteiger charge is 2.35. The predicted molar refractivity (Wildman–Crippen MR) is 59.3 cm³/mol. The zero-order valence-electron chi connectivity index (χ0n) is 9.21. The quantitative estimate of drug-likeness (QED) is 0.773. The van der Waals surface area contributed by atoms with E-state index in [4.69, 9.17) is 4.74 Å². The van der Waals surface area contributed by atoms with Gasteiger partial charge in [0, 0.05) is 19.5 Å². The summed E-state index contributed by atoms with van der Waals surface area (Å²) in [6.07, 6.45) is 0.663. The highest BCUT2D eigenvalue weighted by Crippen LogP contribution is 2.27. The van der Waals surface area contributed by atoms with Crippen molar-refractivity contribution in [1.82, 2.24) is 5.32 Å². The van der Waals surface area contributed by atoms with Crippen molar-refractivity contribution in [3.05, 3.63) is 29.3 Å². The van der Waals surface area contributed by atoms with Gasteiger partial charge >= 0.3 is 0 Å². The first-order valence-corrected chi connectivity index (χ1v) is 5.20. The van der Waals surface area contributed by atoms with Gasteiger partial charge in [-0.15, -0.1) is 0 Å². The smallest absolute Gasteiger partial charge is 0.122 e. The van der Waals surface area contributed by atoms with Gasteiger partial charge in [-0.1, -0.05) is 12.1 Å². The summed E-state index contributed by atoms with van der Waals surface area (Å²) in [6.45, 7) is 3.39. The summed E-state index contributed by atoms with van der Waals surface area (Å²) in [5.41, 5.74) is 1.71. The van der Waals surface area contributed by atoms with Gasteiger partial charge in [-0.05, 0) is 24.1 Å². The van der Waals surface area contributed by atoms with Crippen molar-refractivity contribution in [3.8, 4) is 5.75 Å². The van der Waals surface area contributed by atoms with E-state index in [0.29, 0.717) is 19.5 Å². The molecule has 82 valence electrons. The lowest BCUT2D eigenvalue weighted by Gasteiger charge is -2.38. The molecule has 15 heavy (non-hydrogen) atoms. The van der Waals surface area contributed by atoms with Crippen molar-refractivity contribution in [2.45, 2.75) is 18.9 Å². The maximum Gasteiger partial charge on any atom is 0.122 e. The number of benzene rings is 1. The molecule has 0 spiro atoms. The van der Waals surface area contributed by atoms with Crippen LogP contribution in [-0.4, -0.2) is 30.9 Å². The first-order valence-electron chi connectivity index (χ1n) is 5.20. The third-order valence-corrected chi connectivity index (χ3v) is 3.00. The molecular weight excluding hydrogens is 190 g/mol. The zero-order valence-corrected chi connectivity index (χ0v) is 9.21. The Morgan fingerprint density at radius 1 is 1.47 bits per heavy atom. The van der Waals surface area contributed by atoms with Crippen LogP contribution >= 0.6 is 0 Å². The molecule has 0 radical (unpaired) electrons. The highest BCUT2D eigenvalue weighted by atomic mass is 16.5. The molecule has 0 aliphatic carbocycles. The first kappa shape index (κ1) is 10.5. The number of aliphatic hydroxyl groups is 1. The van der Waals surface area contributed by atoms with Gasteiger partial charge in [-0.2, -0.15) is 0 Å². The van der Waals surface area contributed by atoms with Gasteiger partial charge in [-0.3, -0.25) is 0 Å². The molecule has 0 atom stereocenters. The number of β-amino-alcohol motifs (C(OH)–C–C–N with tert-alkyl or cyclic N) is 1. The minimum absolute atomic E-state index is 0.584. The van der Waals surface area contributed by atoms with Crippen LogP contribution in [-0.2, 0) is 6.42 Å². The number of nitrogens with one attached hydrogen (secondary N) is 1. The van der Waals surface area contributed by atoms with E-state index in [1.807, 2.05) is 25.1 Å². The van der Waals surface area contributed by atoms with E-state index in [1.54, 1.807) is 7.11 Å². The predicted octanol–water partition coefficient (Wildman–Crippen LogP) is 0.880. The largest absolute Gasteiger partial charge is 0.496 e. The van der Waals surface area contributed by atoms with Crippen LogP contribution < -0.4 is 10.1 Å². The molecule has 3 nitrogen and oxygen atoms in total. The molecule has 2 N–H and O–H groups in total. The molecule has 0 aromatic heterocycles. The van der Waals surface area contributed by atoms with Gasteiger partial charge in [0.25, 0.3) is 0 Å². The molecule has 3 heteroatoms. The fraction of sp³-hybridized carbons (Fsp3) is 0.500. The van der Waals surface area contributed by atoms with Crippen LogP contribution in [0.15, 0.2) is 18.2 Å². The molecule has 0 saturated carbocycles. The van der Waals surface area contributed by atoms with Crippen molar-refractivity contribution in [1.29, 1.82) is 0 Å². The van der Waals surface area contributed by atoms with Crippen LogP contribution in [0.2, 0.25) is 0 Å². The normalized spacial score (nSPS) is 18.3. The van der Waals surface area contributed by atoms with Crippen LogP contribution in [0.5, 0.6) is 5.75 Å². The summed E-state index contributed by atoms with van der Waals surface area (Å²) in [5, 5.41) is 13.2. The number of ether oxygens (including phenoxy) is 1. The maximum atomic E-state index is 10.1. The minimum Gasteiger partial charge on any atom is -0.496 e. The van der Waals surface area contributed by atoms with E-state index in [-0.39, 0.29) is 0 Å². The number of rotatable bonds is 3. The monoisotopic (exact) mass is 207 g/mol. The summed E-state index contributed by atoms with van der Waals surface area (Å²) in [6, 6.07) is 5.96. The molecule has 0 unspecified atom stereocenters. The minimum atomic E-state index is -0.584. The highest BCUT2D eigenvalue weighted by molar-refractivity contribution is 5.41. The second kappa shape index (κ2) is 3.83. The molecule has 2 rings (SSSR count). The molecule has 1 saturated heterocycles. The average Bonchev–Trinajstić information content (AvgIpc) is 2.18. The zero-order chi connectivity index (χ0) is 10.9. The summed E-state index contributed by atoms with van der Waals surface area (Å²) in [4.78, 5) is 0. The van der Waals surface area contributed by atoms with Crippen LogP contribution in [0.1, 0.15) is 11.1 Å². The standard InChI is InChI=1S/C12H17NO2/c1-9-4-3-5-11(15-2)10(9)6-12(14)7-13-8-12/h3-5,13-14H,6-8H2,1-2H3. The van der Waals surface area contributed by atoms with Crippen molar-refractivity contribution in [2.75, 3.05) is 20.2 Å². The maximum absolute atomic E-state index is 10.1. The SMILES string of the molecule is COc1cccc(C)c1CC1(O)CNC1. The molecule has 0 amide bonds. The lowest BCUT2D eigenvalue weighted by Crippen LogP contribution is -2.60. The number of aryl methyl sites for hydroxylation is 1. The van der Waals surface area contributed by atoms with Gasteiger partial charge in [0.05, 0.1) is 12.7 Å². The van der Waals surface area contributed by atoms with Crippen LogP contribution in [0.25, 0.3) is 0 Å². The van der Waals surface area contributed by atoms with Crippen molar-refractivity contribution in [3.63, 3.8) is 0 Å². The van der Waals surface area contributed by atoms with E-state index in [1.165, 1.54) is 5.56 Å². The van der Waals surface area contributed by atoms with Crippen molar-refractivity contribution < 1.29 is 9.84 Å². The Hall–Kier alpha value is -1.06. The Labute approximate surface area is 90.1 Å². The Morgan fingerprint density at radius 3 is 2.73 bits per heavy atom. The summed E-state index contributed by atoms with van der Waals surface area (Å²) in [7, 11) is 1.67. The van der Waals surface area contributed by atoms with E-state index < -0.39 is 5.60 Å². The second-order valence-corrected chi connectivity index (χ2v) is 4.26. The Kier molecular flexibility index (Phi) is 2.67. The van der Waals surface area contributed by atoms with E-state index >= 15 is 0 Å². The molecule has 1 heterocycles. The average molecular weight is 207 g/mol. The fourth-order valence-corrected chi connectivity index (χ4v) is 1.96. The fourth-order valence-electron chi connectivity index (χ4n) is 1.96. The molecule has 0 bridgehead atoms. The molecular formula is C12H17NO2. The van der Waals surface area contributed by atoms with Crippen LogP contribution in [0.3, 0.4) is 0 Å². The second-order valence-electron chi connectivity index (χ2n) is 4.26. The summed E-state index contributed by atoms with van der Waals surface area (Å²) < 4.78 is 5.31. The third kappa shape index (κ3) is 1.98. The van der Waals surface area contributed by atoms with E-state index in [0.717, 1.165) is 11.3 Å². The Bertz CT molecular complexity index is 359. The van der Waals surface area contributed by atoms with Gasteiger partial charge in [0.15, 0.2) is 0 Å². The third-order valence-electron chi connectivity index (χ3n) is 3.00. The molecule has 1 aliphatic rings. The topological polar surface area (TPSA) is 41.5 Å². The summed E-state index contributed by atoms with van der Waals surface area (Å²) in [5.74, 6) is 0.871. The van der Waals surface area contributed by atoms with E-state index in [2.05, 4.69) is 5.32 Å². The Balaban J connectivity index is 2.26. The molecule has 1 aliphatic heterocycles. The van der Waals surface area contributed by atoms with Crippen molar-refractivity contribution in [2.24, 2.45) is 0 Å². The van der Waals surface area contributed by atoms with Gasteiger partial charge in [0.1, 0.15) is 5.75 Å². The van der Waals surface area contributed by atoms with Crippen molar-refractivity contribution >= 4 is 0 Å². The Morgan fingerprint density at radius 2 is 2.20 bits per heavy atom. The van der Waals surface area contributed by atoms with Gasteiger partial charge < -0.3 is 15.2 Å². The molecule has 1 aromatic rings. The number of methoxy groups -OCH3 is 1. The van der Waals surface area contributed by atoms with Crippen LogP contribution in [0, 0.1) is 6.92 Å². The lowest BCUT2D eigenvalue weighted by molar-refractivity contribution is -0.00955. The molecule has 1 aromatic carbocycles. The lowest BCUT2D eigenvalue weighted by atomic mass is 9.87. The summed E-state index contributed by atoms with van der Waals surface area (Å²) >= 11 is 0. The van der Waals surface area contributed by atoms with Gasteiger partial charge in [-0.25, -0.2) is 0 Å².